The number of nitrogens with zero attached hydrogens (tertiary/aromatic N) is 3. The second-order valence-electron chi connectivity index (χ2n) is 7.40. The number of aliphatic imine (C=N–C) groups is 1. The number of H-pyrrole nitrogens is 1. The predicted molar refractivity (Wildman–Crippen MR) is 116 cm³/mol. The van der Waals surface area contributed by atoms with Gasteiger partial charge in [0.15, 0.2) is 17.6 Å². The van der Waals surface area contributed by atoms with E-state index in [1.54, 1.807) is 18.3 Å². The summed E-state index contributed by atoms with van der Waals surface area (Å²) in [4.78, 5) is 13.9. The molecule has 4 rings (SSSR count). The van der Waals surface area contributed by atoms with E-state index < -0.39 is 0 Å². The Kier molecular flexibility index (Phi) is 6.11. The molecule has 3 aromatic rings. The first-order chi connectivity index (χ1) is 14.6. The molecule has 0 bridgehead atoms. The van der Waals surface area contributed by atoms with Crippen LogP contribution in [0.5, 0.6) is 0 Å². The summed E-state index contributed by atoms with van der Waals surface area (Å²) in [5.41, 5.74) is 1.91. The number of hydrogen-bond donors (Lipinski definition) is 3. The Bertz CT molecular complexity index is 1030. The topological polar surface area (TPSA) is 68.3 Å². The van der Waals surface area contributed by atoms with Crippen molar-refractivity contribution in [2.45, 2.75) is 25.8 Å². The van der Waals surface area contributed by atoms with E-state index in [2.05, 4.69) is 25.6 Å². The van der Waals surface area contributed by atoms with E-state index in [0.717, 1.165) is 48.4 Å². The van der Waals surface area contributed by atoms with Crippen molar-refractivity contribution in [2.75, 3.05) is 31.1 Å². The van der Waals surface area contributed by atoms with Gasteiger partial charge in [0.25, 0.3) is 0 Å². The third kappa shape index (κ3) is 4.53. The first kappa shape index (κ1) is 20.1. The molecule has 8 heteroatoms. The van der Waals surface area contributed by atoms with Crippen LogP contribution in [0.25, 0.3) is 10.9 Å². The molecule has 2 aromatic heterocycles. The number of pyridine rings is 1. The van der Waals surface area contributed by atoms with Crippen LogP contribution in [0.4, 0.5) is 14.6 Å². The highest BCUT2D eigenvalue weighted by atomic mass is 19.1. The monoisotopic (exact) mass is 412 g/mol. The van der Waals surface area contributed by atoms with Crippen molar-refractivity contribution in [1.82, 2.24) is 20.6 Å². The van der Waals surface area contributed by atoms with Gasteiger partial charge in [-0.1, -0.05) is 0 Å². The van der Waals surface area contributed by atoms with E-state index in [9.17, 15) is 8.78 Å². The molecule has 1 saturated heterocycles. The number of nitrogens with one attached hydrogen (secondary N) is 3. The fourth-order valence-electron chi connectivity index (χ4n) is 3.85. The molecule has 0 radical (unpaired) electrons. The molecule has 1 aliphatic rings. The number of benzene rings is 1. The van der Waals surface area contributed by atoms with Crippen LogP contribution in [0, 0.1) is 11.6 Å². The van der Waals surface area contributed by atoms with Crippen LogP contribution in [0.2, 0.25) is 0 Å². The van der Waals surface area contributed by atoms with Gasteiger partial charge in [-0.3, -0.25) is 4.99 Å². The molecule has 0 spiro atoms. The lowest BCUT2D eigenvalue weighted by atomic mass is 10.1. The highest BCUT2D eigenvalue weighted by Crippen LogP contribution is 2.21. The number of rotatable bonds is 6. The fourth-order valence-corrected chi connectivity index (χ4v) is 3.85. The van der Waals surface area contributed by atoms with Crippen molar-refractivity contribution >= 4 is 22.7 Å². The van der Waals surface area contributed by atoms with Gasteiger partial charge < -0.3 is 20.5 Å². The molecule has 1 aliphatic heterocycles. The van der Waals surface area contributed by atoms with Crippen LogP contribution in [0.1, 0.15) is 18.9 Å². The number of halogens is 2. The van der Waals surface area contributed by atoms with E-state index >= 15 is 0 Å². The molecule has 3 N–H and O–H groups in total. The summed E-state index contributed by atoms with van der Waals surface area (Å²) in [5.74, 6) is 0.609. The number of aromatic nitrogens is 2. The second kappa shape index (κ2) is 9.11. The number of guanidine groups is 1. The standard InChI is InChI=1S/C22H26F2N6/c1-2-25-22(27-10-7-15-13-28-20-12-16(23)5-6-18(15)20)29-17-8-11-30(14-17)21-19(24)4-3-9-26-21/h3-6,9,12-13,17,28H,2,7-8,10-11,14H2,1H3,(H2,25,27,29). The van der Waals surface area contributed by atoms with Crippen LogP contribution < -0.4 is 15.5 Å². The number of aromatic amines is 1. The van der Waals surface area contributed by atoms with Crippen LogP contribution in [0.15, 0.2) is 47.7 Å². The predicted octanol–water partition coefficient (Wildman–Crippen LogP) is 3.22. The molecule has 1 aromatic carbocycles. The summed E-state index contributed by atoms with van der Waals surface area (Å²) in [6.45, 7) is 4.80. The average molecular weight is 412 g/mol. The van der Waals surface area contributed by atoms with E-state index in [4.69, 9.17) is 0 Å². The van der Waals surface area contributed by atoms with Gasteiger partial charge in [0.1, 0.15) is 5.82 Å². The van der Waals surface area contributed by atoms with Gasteiger partial charge >= 0.3 is 0 Å². The average Bonchev–Trinajstić information content (AvgIpc) is 3.35. The van der Waals surface area contributed by atoms with Crippen molar-refractivity contribution in [3.8, 4) is 0 Å². The lowest BCUT2D eigenvalue weighted by molar-refractivity contribution is 0.612. The molecular weight excluding hydrogens is 386 g/mol. The molecule has 3 heterocycles. The van der Waals surface area contributed by atoms with Gasteiger partial charge in [-0.2, -0.15) is 0 Å². The molecule has 0 aliphatic carbocycles. The zero-order valence-corrected chi connectivity index (χ0v) is 17.0. The Labute approximate surface area is 174 Å². The van der Waals surface area contributed by atoms with Gasteiger partial charge in [-0.05, 0) is 55.7 Å². The molecule has 158 valence electrons. The van der Waals surface area contributed by atoms with Crippen molar-refractivity contribution in [3.63, 3.8) is 0 Å². The summed E-state index contributed by atoms with van der Waals surface area (Å²) in [6, 6.07) is 7.99. The van der Waals surface area contributed by atoms with Crippen molar-refractivity contribution in [3.05, 3.63) is 59.9 Å². The Morgan fingerprint density at radius 2 is 2.23 bits per heavy atom. The van der Waals surface area contributed by atoms with Crippen molar-refractivity contribution in [2.24, 2.45) is 4.99 Å². The largest absolute Gasteiger partial charge is 0.361 e. The van der Waals surface area contributed by atoms with E-state index in [1.165, 1.54) is 18.2 Å². The van der Waals surface area contributed by atoms with Crippen LogP contribution in [0.3, 0.4) is 0 Å². The minimum atomic E-state index is -0.294. The number of fused-ring (bicyclic) bond motifs is 1. The smallest absolute Gasteiger partial charge is 0.191 e. The minimum Gasteiger partial charge on any atom is -0.361 e. The Hall–Kier alpha value is -3.16. The number of anilines is 1. The zero-order chi connectivity index (χ0) is 20.9. The molecule has 0 amide bonds. The molecule has 1 atom stereocenters. The van der Waals surface area contributed by atoms with E-state index in [1.807, 2.05) is 18.0 Å². The van der Waals surface area contributed by atoms with Gasteiger partial charge in [-0.15, -0.1) is 0 Å². The summed E-state index contributed by atoms with van der Waals surface area (Å²) in [7, 11) is 0. The Morgan fingerprint density at radius 1 is 1.33 bits per heavy atom. The maximum absolute atomic E-state index is 14.0. The summed E-state index contributed by atoms with van der Waals surface area (Å²) in [6.07, 6.45) is 5.16. The van der Waals surface area contributed by atoms with Gasteiger partial charge in [0, 0.05) is 55.5 Å². The fraction of sp³-hybridized carbons (Fsp3) is 0.364. The molecule has 30 heavy (non-hydrogen) atoms. The molecule has 0 saturated carbocycles. The Morgan fingerprint density at radius 3 is 3.07 bits per heavy atom. The van der Waals surface area contributed by atoms with Crippen molar-refractivity contribution < 1.29 is 8.78 Å². The first-order valence-electron chi connectivity index (χ1n) is 10.3. The lowest BCUT2D eigenvalue weighted by Gasteiger charge is -2.19. The van der Waals surface area contributed by atoms with Gasteiger partial charge in [0.05, 0.1) is 0 Å². The maximum atomic E-state index is 14.0. The second-order valence-corrected chi connectivity index (χ2v) is 7.40. The summed E-state index contributed by atoms with van der Waals surface area (Å²) >= 11 is 0. The van der Waals surface area contributed by atoms with Gasteiger partial charge in [-0.25, -0.2) is 13.8 Å². The third-order valence-corrected chi connectivity index (χ3v) is 5.29. The zero-order valence-electron chi connectivity index (χ0n) is 17.0. The van der Waals surface area contributed by atoms with Crippen LogP contribution >= 0.6 is 0 Å². The number of hydrogen-bond acceptors (Lipinski definition) is 3. The van der Waals surface area contributed by atoms with Crippen molar-refractivity contribution in [1.29, 1.82) is 0 Å². The van der Waals surface area contributed by atoms with Crippen LogP contribution in [-0.2, 0) is 6.42 Å². The Balaban J connectivity index is 1.36. The van der Waals surface area contributed by atoms with E-state index in [0.29, 0.717) is 18.9 Å². The minimum absolute atomic E-state index is 0.167. The highest BCUT2D eigenvalue weighted by molar-refractivity contribution is 5.83. The third-order valence-electron chi connectivity index (χ3n) is 5.29. The van der Waals surface area contributed by atoms with Crippen LogP contribution in [-0.4, -0.2) is 48.1 Å². The SMILES string of the molecule is CCNC(=NCCc1c[nH]c2cc(F)ccc12)NC1CCN(c2ncccc2F)C1. The molecule has 1 fully saturated rings. The molecular formula is C22H26F2N6. The molecule has 6 nitrogen and oxygen atoms in total. The highest BCUT2D eigenvalue weighted by Gasteiger charge is 2.25. The quantitative estimate of drug-likeness (QED) is 0.430. The summed E-state index contributed by atoms with van der Waals surface area (Å²) in [5, 5.41) is 7.75. The maximum Gasteiger partial charge on any atom is 0.191 e. The molecule has 1 unspecified atom stereocenters. The first-order valence-corrected chi connectivity index (χ1v) is 10.3. The van der Waals surface area contributed by atoms with Gasteiger partial charge in [0.2, 0.25) is 0 Å². The van der Waals surface area contributed by atoms with E-state index in [-0.39, 0.29) is 17.7 Å². The normalized spacial score (nSPS) is 17.0. The summed E-state index contributed by atoms with van der Waals surface area (Å²) < 4.78 is 27.4. The lowest BCUT2D eigenvalue weighted by Crippen LogP contribution is -2.44.